The number of aryl methyl sites for hydroxylation is 1. The molecule has 0 spiro atoms. The lowest BCUT2D eigenvalue weighted by Gasteiger charge is -2.31. The molecule has 2 saturated carbocycles. The number of carbonyl (C=O) groups is 3. The minimum atomic E-state index is -0.452. The number of aromatic amines is 1. The van der Waals surface area contributed by atoms with Crippen LogP contribution in [0, 0.1) is 19.8 Å². The molecule has 25 heavy (non-hydrogen) atoms. The van der Waals surface area contributed by atoms with Gasteiger partial charge in [0.05, 0.1) is 13.2 Å². The first-order valence-corrected chi connectivity index (χ1v) is 9.14. The average molecular weight is 346 g/mol. The Morgan fingerprint density at radius 3 is 2.36 bits per heavy atom. The molecule has 0 aromatic carbocycles. The third-order valence-electron chi connectivity index (χ3n) is 5.23. The van der Waals surface area contributed by atoms with Gasteiger partial charge >= 0.3 is 5.97 Å². The minimum absolute atomic E-state index is 0.0944. The Bertz CT molecular complexity index is 699. The van der Waals surface area contributed by atoms with E-state index in [4.69, 9.17) is 4.74 Å². The van der Waals surface area contributed by atoms with Crippen LogP contribution >= 0.6 is 0 Å². The number of hydrogen-bond donors (Lipinski definition) is 1. The van der Waals surface area contributed by atoms with E-state index in [1.54, 1.807) is 25.7 Å². The number of amides is 1. The van der Waals surface area contributed by atoms with Gasteiger partial charge in [0.1, 0.15) is 5.69 Å². The van der Waals surface area contributed by atoms with Crippen LogP contribution in [0.5, 0.6) is 0 Å². The summed E-state index contributed by atoms with van der Waals surface area (Å²) in [5, 5.41) is 0. The molecule has 0 radical (unpaired) electrons. The van der Waals surface area contributed by atoms with Crippen molar-refractivity contribution < 1.29 is 19.1 Å². The van der Waals surface area contributed by atoms with Crippen molar-refractivity contribution in [1.82, 2.24) is 9.88 Å². The topological polar surface area (TPSA) is 79.5 Å². The van der Waals surface area contributed by atoms with E-state index in [0.29, 0.717) is 22.5 Å². The number of hydrogen-bond acceptors (Lipinski definition) is 4. The van der Waals surface area contributed by atoms with Crippen molar-refractivity contribution in [2.75, 3.05) is 13.2 Å². The van der Waals surface area contributed by atoms with Crippen LogP contribution in [0.3, 0.4) is 0 Å². The number of nitrogens with one attached hydrogen (secondary N) is 1. The minimum Gasteiger partial charge on any atom is -0.461 e. The predicted octanol–water partition coefficient (Wildman–Crippen LogP) is 2.78. The fourth-order valence-electron chi connectivity index (χ4n) is 3.47. The zero-order chi connectivity index (χ0) is 18.1. The predicted molar refractivity (Wildman–Crippen MR) is 92.6 cm³/mol. The second-order valence-corrected chi connectivity index (χ2v) is 7.09. The summed E-state index contributed by atoms with van der Waals surface area (Å²) >= 11 is 0. The monoisotopic (exact) mass is 346 g/mol. The quantitative estimate of drug-likeness (QED) is 0.608. The van der Waals surface area contributed by atoms with Crippen molar-refractivity contribution >= 4 is 17.7 Å². The summed E-state index contributed by atoms with van der Waals surface area (Å²) in [6, 6.07) is 0.209. The molecular formula is C19H26N2O4. The Morgan fingerprint density at radius 2 is 1.84 bits per heavy atom. The summed E-state index contributed by atoms with van der Waals surface area (Å²) in [5.74, 6) is -0.344. The maximum Gasteiger partial charge on any atom is 0.355 e. The van der Waals surface area contributed by atoms with E-state index in [-0.39, 0.29) is 36.8 Å². The number of ketones is 1. The standard InChI is InChI=1S/C19H26N2O4/c1-4-25-19(24)17-11(2)16(12(3)20-17)15(22)10-21(14-8-9-14)18(23)13-6-5-7-13/h13-14,20H,4-10H2,1-3H3. The Balaban J connectivity index is 1.78. The van der Waals surface area contributed by atoms with Gasteiger partial charge in [-0.25, -0.2) is 4.79 Å². The Morgan fingerprint density at radius 1 is 1.16 bits per heavy atom. The number of H-pyrrole nitrogens is 1. The van der Waals surface area contributed by atoms with Crippen LogP contribution in [0.25, 0.3) is 0 Å². The normalized spacial score (nSPS) is 17.1. The molecule has 3 rings (SSSR count). The summed E-state index contributed by atoms with van der Waals surface area (Å²) < 4.78 is 5.03. The van der Waals surface area contributed by atoms with Crippen molar-refractivity contribution in [1.29, 1.82) is 0 Å². The van der Waals surface area contributed by atoms with Gasteiger partial charge in [-0.1, -0.05) is 6.42 Å². The van der Waals surface area contributed by atoms with Crippen LogP contribution in [-0.2, 0) is 9.53 Å². The van der Waals surface area contributed by atoms with Crippen molar-refractivity contribution in [3.63, 3.8) is 0 Å². The number of nitrogens with zero attached hydrogens (tertiary/aromatic N) is 1. The third kappa shape index (κ3) is 3.48. The van der Waals surface area contributed by atoms with Crippen LogP contribution in [-0.4, -0.2) is 46.7 Å². The maximum atomic E-state index is 12.9. The molecule has 1 heterocycles. The van der Waals surface area contributed by atoms with Crippen molar-refractivity contribution in [2.45, 2.75) is 58.9 Å². The molecule has 1 amide bonds. The van der Waals surface area contributed by atoms with E-state index in [1.165, 1.54) is 0 Å². The highest BCUT2D eigenvalue weighted by atomic mass is 16.5. The number of Topliss-reactive ketones (excluding diaryl/α,β-unsaturated/α-hetero) is 1. The molecule has 0 aliphatic heterocycles. The lowest BCUT2D eigenvalue weighted by Crippen LogP contribution is -2.43. The maximum absolute atomic E-state index is 12.9. The number of carbonyl (C=O) groups excluding carboxylic acids is 3. The highest BCUT2D eigenvalue weighted by Crippen LogP contribution is 2.34. The Labute approximate surface area is 147 Å². The van der Waals surface area contributed by atoms with E-state index in [2.05, 4.69) is 4.98 Å². The third-order valence-corrected chi connectivity index (χ3v) is 5.23. The first-order chi connectivity index (χ1) is 11.9. The summed E-state index contributed by atoms with van der Waals surface area (Å²) in [5.41, 5.74) is 2.09. The van der Waals surface area contributed by atoms with E-state index in [1.807, 2.05) is 0 Å². The van der Waals surface area contributed by atoms with Crippen LogP contribution in [0.1, 0.15) is 71.1 Å². The number of rotatable bonds is 7. The van der Waals surface area contributed by atoms with E-state index in [0.717, 1.165) is 32.1 Å². The molecular weight excluding hydrogens is 320 g/mol. The van der Waals surface area contributed by atoms with E-state index < -0.39 is 5.97 Å². The second-order valence-electron chi connectivity index (χ2n) is 7.09. The van der Waals surface area contributed by atoms with Gasteiger partial charge in [-0.05, 0) is 52.0 Å². The van der Waals surface area contributed by atoms with Crippen LogP contribution in [0.15, 0.2) is 0 Å². The highest BCUT2D eigenvalue weighted by molar-refractivity contribution is 6.04. The first kappa shape index (κ1) is 17.7. The molecule has 0 bridgehead atoms. The van der Waals surface area contributed by atoms with Crippen LogP contribution in [0.4, 0.5) is 0 Å². The molecule has 6 nitrogen and oxygen atoms in total. The van der Waals surface area contributed by atoms with Gasteiger partial charge in [0, 0.05) is 23.2 Å². The first-order valence-electron chi connectivity index (χ1n) is 9.14. The number of esters is 1. The Hall–Kier alpha value is -2.11. The second kappa shape index (κ2) is 7.02. The molecule has 2 aliphatic rings. The van der Waals surface area contributed by atoms with Gasteiger partial charge in [-0.2, -0.15) is 0 Å². The van der Waals surface area contributed by atoms with E-state index >= 15 is 0 Å². The summed E-state index contributed by atoms with van der Waals surface area (Å²) in [4.78, 5) is 42.3. The van der Waals surface area contributed by atoms with Crippen molar-refractivity contribution in [2.24, 2.45) is 5.92 Å². The summed E-state index contributed by atoms with van der Waals surface area (Å²) in [6.07, 6.45) is 4.93. The molecule has 0 atom stereocenters. The molecule has 2 aliphatic carbocycles. The fourth-order valence-corrected chi connectivity index (χ4v) is 3.47. The molecule has 1 aromatic heterocycles. The highest BCUT2D eigenvalue weighted by Gasteiger charge is 2.39. The van der Waals surface area contributed by atoms with Crippen molar-refractivity contribution in [3.05, 3.63) is 22.5 Å². The summed E-state index contributed by atoms with van der Waals surface area (Å²) in [7, 11) is 0. The van der Waals surface area contributed by atoms with Crippen LogP contribution in [0.2, 0.25) is 0 Å². The lowest BCUT2D eigenvalue weighted by molar-refractivity contribution is -0.138. The largest absolute Gasteiger partial charge is 0.461 e. The lowest BCUT2D eigenvalue weighted by atomic mass is 9.84. The Kier molecular flexibility index (Phi) is 4.97. The zero-order valence-electron chi connectivity index (χ0n) is 15.2. The molecule has 0 unspecified atom stereocenters. The van der Waals surface area contributed by atoms with Crippen LogP contribution < -0.4 is 0 Å². The molecule has 0 saturated heterocycles. The van der Waals surface area contributed by atoms with Gasteiger partial charge in [0.15, 0.2) is 5.78 Å². The van der Waals surface area contributed by atoms with Gasteiger partial charge in [0.25, 0.3) is 0 Å². The zero-order valence-corrected chi connectivity index (χ0v) is 15.2. The number of ether oxygens (including phenoxy) is 1. The molecule has 1 aromatic rings. The number of aromatic nitrogens is 1. The smallest absolute Gasteiger partial charge is 0.355 e. The molecule has 136 valence electrons. The van der Waals surface area contributed by atoms with Gasteiger partial charge in [-0.3, -0.25) is 9.59 Å². The molecule has 1 N–H and O–H groups in total. The van der Waals surface area contributed by atoms with Gasteiger partial charge < -0.3 is 14.6 Å². The van der Waals surface area contributed by atoms with Gasteiger partial charge in [-0.15, -0.1) is 0 Å². The SMILES string of the molecule is CCOC(=O)c1[nH]c(C)c(C(=O)CN(C(=O)C2CCC2)C2CC2)c1C. The van der Waals surface area contributed by atoms with Gasteiger partial charge in [0.2, 0.25) is 5.91 Å². The van der Waals surface area contributed by atoms with E-state index in [9.17, 15) is 14.4 Å². The molecule has 2 fully saturated rings. The average Bonchev–Trinajstić information content (AvgIpc) is 3.28. The summed E-state index contributed by atoms with van der Waals surface area (Å²) in [6.45, 7) is 5.65. The van der Waals surface area contributed by atoms with Crippen molar-refractivity contribution in [3.8, 4) is 0 Å². The fraction of sp³-hybridized carbons (Fsp3) is 0.632. The molecule has 6 heteroatoms.